The van der Waals surface area contributed by atoms with Crippen molar-refractivity contribution in [2.75, 3.05) is 14.7 Å². The van der Waals surface area contributed by atoms with Crippen LogP contribution < -0.4 is 30.4 Å². The third-order valence-electron chi connectivity index (χ3n) is 24.1. The van der Waals surface area contributed by atoms with Crippen molar-refractivity contribution in [3.8, 4) is 22.3 Å². The average Bonchev–Trinajstić information content (AvgIpc) is 1.67. The number of anilines is 9. The van der Waals surface area contributed by atoms with Gasteiger partial charge < -0.3 is 14.7 Å². The molecule has 7 aliphatic rings. The van der Waals surface area contributed by atoms with Crippen LogP contribution in [-0.4, -0.2) is 6.71 Å². The van der Waals surface area contributed by atoms with Crippen molar-refractivity contribution in [3.05, 3.63) is 238 Å². The maximum Gasteiger partial charge on any atom is 0.264 e. The summed E-state index contributed by atoms with van der Waals surface area (Å²) in [6.45, 7) is 39.3. The van der Waals surface area contributed by atoms with Gasteiger partial charge in [-0.15, -0.1) is 11.3 Å². The standard InChI is InChI=1S/C86H86BN3S/c1-79(2)36-37-80(3,4)66-44-54(32-35-63(66)79)89-72-49-69-68(82(7,8)39-40-83(69,9)10)48-71(72)87-76-73(89)45-55(46-74(76)90(51-24-18-17-19-25-51)77-60-47-67-70(50-75(60)91-78(77)87)84(11,12)41-38-81(67,5)6)88(52-30-33-58-56-26-20-22-28-61(56)85(13,14)64(58)42-52)53-31-34-59-57-27-21-23-29-62(57)86(15,16)65(59)43-53/h17-37,42-50H,38-41H2,1-16H3. The minimum atomic E-state index is -0.209. The second-order valence-corrected chi connectivity index (χ2v) is 34.3. The van der Waals surface area contributed by atoms with E-state index in [1.54, 1.807) is 0 Å². The molecule has 10 aromatic rings. The first-order valence-electron chi connectivity index (χ1n) is 33.9. The van der Waals surface area contributed by atoms with E-state index in [0.29, 0.717) is 0 Å². The molecule has 0 atom stereocenters. The van der Waals surface area contributed by atoms with Crippen LogP contribution in [0.25, 0.3) is 32.3 Å². The number of hydrogen-bond acceptors (Lipinski definition) is 4. The molecule has 0 bridgehead atoms. The summed E-state index contributed by atoms with van der Waals surface area (Å²) < 4.78 is 2.81. The Labute approximate surface area is 546 Å². The number of thiophene rings is 1. The molecule has 9 aromatic carbocycles. The Hall–Kier alpha value is -7.86. The maximum atomic E-state index is 2.75. The molecule has 0 N–H and O–H groups in total. The zero-order valence-electron chi connectivity index (χ0n) is 56.5. The molecule has 0 spiro atoms. The number of hydrogen-bond donors (Lipinski definition) is 0. The summed E-state index contributed by atoms with van der Waals surface area (Å²) >= 11 is 2.06. The normalized spacial score (nSPS) is 19.8. The van der Waals surface area contributed by atoms with Crippen LogP contribution in [-0.2, 0) is 43.3 Å². The highest BCUT2D eigenvalue weighted by atomic mass is 32.1. The molecule has 5 heteroatoms. The minimum absolute atomic E-state index is 0.00646. The van der Waals surface area contributed by atoms with Crippen molar-refractivity contribution < 1.29 is 0 Å². The van der Waals surface area contributed by atoms with Gasteiger partial charge in [-0.3, -0.25) is 0 Å². The molecule has 454 valence electrons. The second-order valence-electron chi connectivity index (χ2n) is 33.2. The summed E-state index contributed by atoms with van der Waals surface area (Å²) in [5.74, 6) is 0. The monoisotopic (exact) mass is 1200 g/mol. The third kappa shape index (κ3) is 7.92. The lowest BCUT2D eigenvalue weighted by Crippen LogP contribution is -2.61. The van der Waals surface area contributed by atoms with Gasteiger partial charge in [-0.1, -0.05) is 214 Å². The van der Waals surface area contributed by atoms with E-state index in [4.69, 9.17) is 0 Å². The van der Waals surface area contributed by atoms with Crippen LogP contribution in [0.4, 0.5) is 51.2 Å². The summed E-state index contributed by atoms with van der Waals surface area (Å²) in [5, 5.41) is 1.36. The maximum absolute atomic E-state index is 2.75. The van der Waals surface area contributed by atoms with E-state index in [1.165, 1.54) is 144 Å². The fourth-order valence-electron chi connectivity index (χ4n) is 18.3. The van der Waals surface area contributed by atoms with Crippen LogP contribution in [0.1, 0.15) is 192 Å². The Kier molecular flexibility index (Phi) is 11.6. The molecule has 0 amide bonds. The van der Waals surface area contributed by atoms with Gasteiger partial charge in [0.05, 0.1) is 11.4 Å². The van der Waals surface area contributed by atoms with Gasteiger partial charge in [0.1, 0.15) is 0 Å². The van der Waals surface area contributed by atoms with Crippen LogP contribution in [0.3, 0.4) is 0 Å². The highest BCUT2D eigenvalue weighted by molar-refractivity contribution is 7.33. The van der Waals surface area contributed by atoms with Gasteiger partial charge in [-0.2, -0.15) is 0 Å². The fraction of sp³-hybridized carbons (Fsp3) is 0.326. The molecule has 0 saturated carbocycles. The van der Waals surface area contributed by atoms with Gasteiger partial charge in [0.2, 0.25) is 0 Å². The zero-order chi connectivity index (χ0) is 63.2. The van der Waals surface area contributed by atoms with E-state index in [0.717, 1.165) is 36.3 Å². The fourth-order valence-corrected chi connectivity index (χ4v) is 19.7. The molecule has 0 fully saturated rings. The molecular formula is C86H86BN3S. The second kappa shape index (κ2) is 18.5. The van der Waals surface area contributed by atoms with E-state index in [-0.39, 0.29) is 50.0 Å². The van der Waals surface area contributed by atoms with E-state index >= 15 is 0 Å². The van der Waals surface area contributed by atoms with E-state index in [2.05, 4.69) is 319 Å². The quantitative estimate of drug-likeness (QED) is 0.126. The van der Waals surface area contributed by atoms with E-state index in [9.17, 15) is 0 Å². The van der Waals surface area contributed by atoms with Gasteiger partial charge in [-0.05, 0) is 215 Å². The van der Waals surface area contributed by atoms with Crippen molar-refractivity contribution in [2.45, 2.75) is 180 Å². The highest BCUT2D eigenvalue weighted by Crippen LogP contribution is 2.59. The SMILES string of the molecule is CC1(C)C=CC(C)(C)c2cc(N3c4cc5c(cc4B4c6sc7cc8c(cc7c6N(c6ccccc6)c6cc(N(c7ccc9c(c7)C(C)(C)c7ccccc7-9)c7ccc9c(c7)C(C)(C)c7ccccc7-9)cc3c64)C(C)(C)CCC8(C)C)C(C)(C)CCC5(C)C)ccc21. The summed E-state index contributed by atoms with van der Waals surface area (Å²) in [5.41, 5.74) is 32.6. The summed E-state index contributed by atoms with van der Waals surface area (Å²) in [4.78, 5) is 8.12. The molecule has 91 heavy (non-hydrogen) atoms. The lowest BCUT2D eigenvalue weighted by molar-refractivity contribution is 0.332. The van der Waals surface area contributed by atoms with Crippen molar-refractivity contribution >= 4 is 95.0 Å². The molecular weight excluding hydrogens is 1120 g/mol. The molecule has 5 aliphatic carbocycles. The predicted molar refractivity (Wildman–Crippen MR) is 391 cm³/mol. The van der Waals surface area contributed by atoms with Crippen LogP contribution in [0, 0.1) is 0 Å². The van der Waals surface area contributed by atoms with Crippen molar-refractivity contribution in [1.29, 1.82) is 0 Å². The molecule has 0 saturated heterocycles. The van der Waals surface area contributed by atoms with E-state index < -0.39 is 0 Å². The van der Waals surface area contributed by atoms with Crippen molar-refractivity contribution in [2.24, 2.45) is 0 Å². The Morgan fingerprint density at radius 1 is 0.363 bits per heavy atom. The Bertz CT molecular complexity index is 4760. The molecule has 1 aromatic heterocycles. The Morgan fingerprint density at radius 3 is 1.42 bits per heavy atom. The van der Waals surface area contributed by atoms with Crippen LogP contribution >= 0.6 is 11.3 Å². The van der Waals surface area contributed by atoms with Gasteiger partial charge in [-0.25, -0.2) is 0 Å². The zero-order valence-corrected chi connectivity index (χ0v) is 57.3. The lowest BCUT2D eigenvalue weighted by Gasteiger charge is -2.47. The van der Waals surface area contributed by atoms with Gasteiger partial charge >= 0.3 is 0 Å². The lowest BCUT2D eigenvalue weighted by atomic mass is 9.35. The first-order valence-corrected chi connectivity index (χ1v) is 34.7. The van der Waals surface area contributed by atoms with E-state index in [1.807, 2.05) is 0 Å². The summed E-state index contributed by atoms with van der Waals surface area (Å²) in [6, 6.07) is 68.0. The van der Waals surface area contributed by atoms with Gasteiger partial charge in [0.25, 0.3) is 6.71 Å². The van der Waals surface area contributed by atoms with Gasteiger partial charge in [0.15, 0.2) is 0 Å². The molecule has 3 heterocycles. The molecule has 17 rings (SSSR count). The minimum Gasteiger partial charge on any atom is -0.311 e. The average molecular weight is 1200 g/mol. The molecule has 0 radical (unpaired) electrons. The first-order chi connectivity index (χ1) is 43.1. The molecule has 2 aliphatic heterocycles. The number of benzene rings is 9. The number of rotatable bonds is 5. The van der Waals surface area contributed by atoms with Crippen molar-refractivity contribution in [3.63, 3.8) is 0 Å². The topological polar surface area (TPSA) is 9.72 Å². The summed E-state index contributed by atoms with van der Waals surface area (Å²) in [6.07, 6.45) is 9.53. The number of allylic oxidation sites excluding steroid dienone is 2. The molecule has 0 unspecified atom stereocenters. The van der Waals surface area contributed by atoms with Crippen LogP contribution in [0.15, 0.2) is 182 Å². The first kappa shape index (κ1) is 57.1. The largest absolute Gasteiger partial charge is 0.311 e. The third-order valence-corrected chi connectivity index (χ3v) is 25.3. The predicted octanol–water partition coefficient (Wildman–Crippen LogP) is 21.9. The van der Waals surface area contributed by atoms with Crippen molar-refractivity contribution in [1.82, 2.24) is 0 Å². The van der Waals surface area contributed by atoms with Crippen LogP contribution in [0.5, 0.6) is 0 Å². The highest BCUT2D eigenvalue weighted by Gasteiger charge is 2.50. The number of fused-ring (bicyclic) bond motifs is 15. The Morgan fingerprint density at radius 2 is 0.846 bits per heavy atom. The summed E-state index contributed by atoms with van der Waals surface area (Å²) in [7, 11) is 0. The Balaban J connectivity index is 1.02. The number of nitrogens with zero attached hydrogens (tertiary/aromatic N) is 3. The smallest absolute Gasteiger partial charge is 0.264 e. The van der Waals surface area contributed by atoms with Crippen LogP contribution in [0.2, 0.25) is 0 Å². The van der Waals surface area contributed by atoms with Gasteiger partial charge in [0, 0.05) is 76.3 Å². The number of para-hydroxylation sites is 1. The molecule has 3 nitrogen and oxygen atoms in total.